The first-order chi connectivity index (χ1) is 5.66. The van der Waals surface area contributed by atoms with Crippen molar-refractivity contribution in [3.63, 3.8) is 0 Å². The van der Waals surface area contributed by atoms with E-state index in [1.165, 1.54) is 12.1 Å². The van der Waals surface area contributed by atoms with Crippen molar-refractivity contribution in [1.82, 2.24) is 0 Å². The van der Waals surface area contributed by atoms with E-state index in [0.717, 1.165) is 0 Å². The first kappa shape index (κ1) is 9.13. The van der Waals surface area contributed by atoms with Gasteiger partial charge in [-0.3, -0.25) is 0 Å². The van der Waals surface area contributed by atoms with E-state index in [9.17, 15) is 8.78 Å². The molecule has 1 rings (SSSR count). The number of rotatable bonds is 2. The van der Waals surface area contributed by atoms with Gasteiger partial charge in [-0.1, -0.05) is 18.2 Å². The highest BCUT2D eigenvalue weighted by atomic mass is 19.3. The van der Waals surface area contributed by atoms with E-state index in [1.54, 1.807) is 13.0 Å². The van der Waals surface area contributed by atoms with Gasteiger partial charge in [0.2, 0.25) is 0 Å². The van der Waals surface area contributed by atoms with Crippen molar-refractivity contribution >= 4 is 0 Å². The zero-order valence-electron chi connectivity index (χ0n) is 6.72. The van der Waals surface area contributed by atoms with E-state index < -0.39 is 6.43 Å². The maximum atomic E-state index is 12.3. The number of aliphatic hydroxyl groups is 1. The van der Waals surface area contributed by atoms with Crippen molar-refractivity contribution in [2.75, 3.05) is 0 Å². The SMILES string of the molecule is Cc1c(CO)cccc1C(F)F. The molecule has 0 aromatic heterocycles. The molecule has 0 saturated carbocycles. The molecule has 0 amide bonds. The summed E-state index contributed by atoms with van der Waals surface area (Å²) in [5, 5.41) is 8.78. The second-order valence-electron chi connectivity index (χ2n) is 2.59. The topological polar surface area (TPSA) is 20.2 Å². The number of aliphatic hydroxyl groups excluding tert-OH is 1. The predicted octanol–water partition coefficient (Wildman–Crippen LogP) is 2.42. The summed E-state index contributed by atoms with van der Waals surface area (Å²) in [6.45, 7) is 1.40. The molecule has 0 radical (unpaired) electrons. The molecule has 1 aromatic carbocycles. The van der Waals surface area contributed by atoms with Crippen molar-refractivity contribution in [1.29, 1.82) is 0 Å². The molecule has 1 aromatic rings. The molecule has 3 heteroatoms. The molecule has 1 nitrogen and oxygen atoms in total. The summed E-state index contributed by atoms with van der Waals surface area (Å²) in [4.78, 5) is 0. The molecule has 12 heavy (non-hydrogen) atoms. The molecule has 66 valence electrons. The predicted molar refractivity (Wildman–Crippen MR) is 42.1 cm³/mol. The van der Waals surface area contributed by atoms with Gasteiger partial charge in [0.15, 0.2) is 0 Å². The summed E-state index contributed by atoms with van der Waals surface area (Å²) in [7, 11) is 0. The van der Waals surface area contributed by atoms with Gasteiger partial charge in [0.25, 0.3) is 6.43 Å². The van der Waals surface area contributed by atoms with Crippen molar-refractivity contribution < 1.29 is 13.9 Å². The lowest BCUT2D eigenvalue weighted by atomic mass is 10.0. The molecule has 1 N–H and O–H groups in total. The summed E-state index contributed by atoms with van der Waals surface area (Å²) < 4.78 is 24.5. The lowest BCUT2D eigenvalue weighted by Gasteiger charge is -2.07. The van der Waals surface area contributed by atoms with Crippen LogP contribution in [-0.2, 0) is 6.61 Å². The Morgan fingerprint density at radius 2 is 2.08 bits per heavy atom. The van der Waals surface area contributed by atoms with E-state index in [1.807, 2.05) is 0 Å². The minimum absolute atomic E-state index is 0.00144. The van der Waals surface area contributed by atoms with Crippen LogP contribution in [0.2, 0.25) is 0 Å². The van der Waals surface area contributed by atoms with Crippen LogP contribution in [0.25, 0.3) is 0 Å². The number of benzene rings is 1. The average Bonchev–Trinajstić information content (AvgIpc) is 2.04. The third-order valence-corrected chi connectivity index (χ3v) is 1.89. The lowest BCUT2D eigenvalue weighted by molar-refractivity contribution is 0.150. The zero-order valence-corrected chi connectivity index (χ0v) is 6.72. The summed E-state index contributed by atoms with van der Waals surface area (Å²) in [5.41, 5.74) is 1.05. The molecule has 0 bridgehead atoms. The van der Waals surface area contributed by atoms with Gasteiger partial charge in [-0.25, -0.2) is 8.78 Å². The van der Waals surface area contributed by atoms with Crippen LogP contribution < -0.4 is 0 Å². The Morgan fingerprint density at radius 3 is 2.58 bits per heavy atom. The Labute approximate surface area is 69.7 Å². The largest absolute Gasteiger partial charge is 0.392 e. The molecule has 0 atom stereocenters. The summed E-state index contributed by atoms with van der Waals surface area (Å²) in [6, 6.07) is 4.54. The van der Waals surface area contributed by atoms with Crippen molar-refractivity contribution in [3.8, 4) is 0 Å². The third-order valence-electron chi connectivity index (χ3n) is 1.89. The van der Waals surface area contributed by atoms with Gasteiger partial charge in [0, 0.05) is 5.56 Å². The van der Waals surface area contributed by atoms with Gasteiger partial charge in [-0.05, 0) is 18.1 Å². The van der Waals surface area contributed by atoms with Crippen LogP contribution in [0, 0.1) is 6.92 Å². The summed E-state index contributed by atoms with van der Waals surface area (Å²) >= 11 is 0. The van der Waals surface area contributed by atoms with Crippen molar-refractivity contribution in [2.24, 2.45) is 0 Å². The number of hydrogen-bond acceptors (Lipinski definition) is 1. The van der Waals surface area contributed by atoms with E-state index in [0.29, 0.717) is 11.1 Å². The van der Waals surface area contributed by atoms with Gasteiger partial charge >= 0.3 is 0 Å². The van der Waals surface area contributed by atoms with E-state index in [2.05, 4.69) is 0 Å². The number of halogens is 2. The first-order valence-electron chi connectivity index (χ1n) is 3.64. The molecule has 0 aliphatic rings. The Bertz CT molecular complexity index is 271. The van der Waals surface area contributed by atoms with Crippen LogP contribution >= 0.6 is 0 Å². The van der Waals surface area contributed by atoms with E-state index in [4.69, 9.17) is 5.11 Å². The van der Waals surface area contributed by atoms with E-state index in [-0.39, 0.29) is 12.2 Å². The Morgan fingerprint density at radius 1 is 1.42 bits per heavy atom. The number of hydrogen-bond donors (Lipinski definition) is 1. The van der Waals surface area contributed by atoms with Crippen LogP contribution in [0.15, 0.2) is 18.2 Å². The standard InChI is InChI=1S/C9H10F2O/c1-6-7(5-12)3-2-4-8(6)9(10)11/h2-4,9,12H,5H2,1H3. The molecule has 0 spiro atoms. The van der Waals surface area contributed by atoms with Gasteiger partial charge in [0.1, 0.15) is 0 Å². The maximum absolute atomic E-state index is 12.3. The smallest absolute Gasteiger partial charge is 0.264 e. The summed E-state index contributed by atoms with van der Waals surface area (Å²) in [6.07, 6.45) is -2.46. The van der Waals surface area contributed by atoms with Crippen LogP contribution in [-0.4, -0.2) is 5.11 Å². The minimum atomic E-state index is -2.46. The summed E-state index contributed by atoms with van der Waals surface area (Å²) in [5.74, 6) is 0. The maximum Gasteiger partial charge on any atom is 0.264 e. The highest BCUT2D eigenvalue weighted by Crippen LogP contribution is 2.24. The van der Waals surface area contributed by atoms with Gasteiger partial charge in [0.05, 0.1) is 6.61 Å². The van der Waals surface area contributed by atoms with Crippen molar-refractivity contribution in [3.05, 3.63) is 34.9 Å². The fourth-order valence-corrected chi connectivity index (χ4v) is 1.11. The Kier molecular flexibility index (Phi) is 2.76. The molecule has 0 fully saturated rings. The van der Waals surface area contributed by atoms with Gasteiger partial charge in [-0.2, -0.15) is 0 Å². The monoisotopic (exact) mass is 172 g/mol. The number of alkyl halides is 2. The third kappa shape index (κ3) is 1.61. The van der Waals surface area contributed by atoms with Crippen molar-refractivity contribution in [2.45, 2.75) is 20.0 Å². The molecule has 0 aliphatic carbocycles. The molecule has 0 unspecified atom stereocenters. The molecule has 0 heterocycles. The van der Waals surface area contributed by atoms with Crippen LogP contribution in [0.3, 0.4) is 0 Å². The normalized spacial score (nSPS) is 10.8. The minimum Gasteiger partial charge on any atom is -0.392 e. The fourth-order valence-electron chi connectivity index (χ4n) is 1.11. The van der Waals surface area contributed by atoms with Crippen LogP contribution in [0.4, 0.5) is 8.78 Å². The first-order valence-corrected chi connectivity index (χ1v) is 3.64. The zero-order chi connectivity index (χ0) is 9.14. The molecule has 0 saturated heterocycles. The lowest BCUT2D eigenvalue weighted by Crippen LogP contribution is -1.95. The molecule has 0 aliphatic heterocycles. The van der Waals surface area contributed by atoms with Gasteiger partial charge in [-0.15, -0.1) is 0 Å². The van der Waals surface area contributed by atoms with Gasteiger partial charge < -0.3 is 5.11 Å². The van der Waals surface area contributed by atoms with Crippen LogP contribution in [0.1, 0.15) is 23.1 Å². The highest BCUT2D eigenvalue weighted by Gasteiger charge is 2.11. The molecular formula is C9H10F2O. The fraction of sp³-hybridized carbons (Fsp3) is 0.333. The second-order valence-corrected chi connectivity index (χ2v) is 2.59. The van der Waals surface area contributed by atoms with E-state index >= 15 is 0 Å². The highest BCUT2D eigenvalue weighted by molar-refractivity contribution is 5.34. The second kappa shape index (κ2) is 3.63. The Hall–Kier alpha value is -0.960. The van der Waals surface area contributed by atoms with Crippen LogP contribution in [0.5, 0.6) is 0 Å². The quantitative estimate of drug-likeness (QED) is 0.726. The molecular weight excluding hydrogens is 162 g/mol. The average molecular weight is 172 g/mol. The Balaban J connectivity index is 3.14.